The average Bonchev–Trinajstić information content (AvgIpc) is 3.38. The number of rotatable bonds is 7. The molecule has 5 rings (SSSR count). The first kappa shape index (κ1) is 24.5. The van der Waals surface area contributed by atoms with E-state index in [9.17, 15) is 24.6 Å². The second-order valence-electron chi connectivity index (χ2n) is 9.59. The van der Waals surface area contributed by atoms with Crippen molar-refractivity contribution in [1.29, 1.82) is 0 Å². The van der Waals surface area contributed by atoms with Gasteiger partial charge >= 0.3 is 5.97 Å². The predicted octanol–water partition coefficient (Wildman–Crippen LogP) is 3.81. The van der Waals surface area contributed by atoms with Crippen molar-refractivity contribution in [3.8, 4) is 5.75 Å². The molecule has 2 fully saturated rings. The fourth-order valence-electron chi connectivity index (χ4n) is 5.50. The van der Waals surface area contributed by atoms with E-state index < -0.39 is 41.2 Å². The molecule has 7 nitrogen and oxygen atoms in total. The predicted molar refractivity (Wildman–Crippen MR) is 140 cm³/mol. The summed E-state index contributed by atoms with van der Waals surface area (Å²) in [4.78, 5) is 41.7. The molecule has 2 aliphatic heterocycles. The fraction of sp³-hybridized carbons (Fsp3) is 0.233. The lowest BCUT2D eigenvalue weighted by Crippen LogP contribution is -2.58. The standard InChI is InChI=1S/C30H28N2O5/c1-2-19-8-13-22(14-9-19)32-27(34)25-24(17-12-20-6-4-3-5-7-20)31-30(29(36)37,26(25)28(32)35)18-21-10-15-23(33)16-11-21/h3-17,24-26,31,33H,2,18H2,1H3,(H,36,37)/b17-12+. The third kappa shape index (κ3) is 4.32. The summed E-state index contributed by atoms with van der Waals surface area (Å²) in [5, 5.41) is 23.4. The van der Waals surface area contributed by atoms with Crippen LogP contribution in [0.15, 0.2) is 84.9 Å². The van der Waals surface area contributed by atoms with Gasteiger partial charge in [-0.2, -0.15) is 0 Å². The molecule has 3 aromatic carbocycles. The van der Waals surface area contributed by atoms with Crippen molar-refractivity contribution in [3.63, 3.8) is 0 Å². The summed E-state index contributed by atoms with van der Waals surface area (Å²) in [5.74, 6) is -4.07. The number of benzene rings is 3. The van der Waals surface area contributed by atoms with Crippen LogP contribution in [-0.2, 0) is 27.2 Å². The highest BCUT2D eigenvalue weighted by molar-refractivity contribution is 6.24. The molecule has 188 valence electrons. The van der Waals surface area contributed by atoms with E-state index in [0.717, 1.165) is 22.4 Å². The maximum atomic E-state index is 13.9. The maximum Gasteiger partial charge on any atom is 0.325 e. The largest absolute Gasteiger partial charge is 0.508 e. The topological polar surface area (TPSA) is 107 Å². The SMILES string of the molecule is CCc1ccc(N2C(=O)C3C(/C=C/c4ccccc4)NC(Cc4ccc(O)cc4)(C(=O)O)C3C2=O)cc1. The van der Waals surface area contributed by atoms with Crippen LogP contribution in [0.2, 0.25) is 0 Å². The zero-order chi connectivity index (χ0) is 26.2. The van der Waals surface area contributed by atoms with Crippen LogP contribution >= 0.6 is 0 Å². The summed E-state index contributed by atoms with van der Waals surface area (Å²) < 4.78 is 0. The summed E-state index contributed by atoms with van der Waals surface area (Å²) in [5.41, 5.74) is 1.33. The summed E-state index contributed by atoms with van der Waals surface area (Å²) in [7, 11) is 0. The molecule has 2 heterocycles. The van der Waals surface area contributed by atoms with Crippen LogP contribution in [0.4, 0.5) is 5.69 Å². The van der Waals surface area contributed by atoms with Crippen molar-refractivity contribution < 1.29 is 24.6 Å². The molecule has 0 aliphatic carbocycles. The smallest absolute Gasteiger partial charge is 0.325 e. The van der Waals surface area contributed by atoms with E-state index in [1.54, 1.807) is 30.3 Å². The number of hydrogen-bond acceptors (Lipinski definition) is 5. The Hall–Kier alpha value is -4.23. The minimum Gasteiger partial charge on any atom is -0.508 e. The third-order valence-electron chi connectivity index (χ3n) is 7.39. The summed E-state index contributed by atoms with van der Waals surface area (Å²) >= 11 is 0. The Bertz CT molecular complexity index is 1350. The Labute approximate surface area is 215 Å². The molecule has 0 saturated carbocycles. The van der Waals surface area contributed by atoms with Crippen LogP contribution in [0.1, 0.15) is 23.6 Å². The van der Waals surface area contributed by atoms with Gasteiger partial charge < -0.3 is 10.2 Å². The highest BCUT2D eigenvalue weighted by Crippen LogP contribution is 2.46. The molecule has 37 heavy (non-hydrogen) atoms. The molecule has 2 amide bonds. The van der Waals surface area contributed by atoms with E-state index >= 15 is 0 Å². The number of carboxylic acid groups (broad SMARTS) is 1. The summed E-state index contributed by atoms with van der Waals surface area (Å²) in [6.45, 7) is 2.02. The Morgan fingerprint density at radius 2 is 1.59 bits per heavy atom. The first-order valence-corrected chi connectivity index (χ1v) is 12.3. The van der Waals surface area contributed by atoms with Crippen LogP contribution in [0.5, 0.6) is 5.75 Å². The summed E-state index contributed by atoms with van der Waals surface area (Å²) in [6, 6.07) is 22.3. The Balaban J connectivity index is 1.58. The molecule has 2 aliphatic rings. The van der Waals surface area contributed by atoms with Crippen molar-refractivity contribution in [2.75, 3.05) is 4.90 Å². The molecular weight excluding hydrogens is 468 g/mol. The van der Waals surface area contributed by atoms with E-state index in [0.29, 0.717) is 11.3 Å². The van der Waals surface area contributed by atoms with Crippen molar-refractivity contribution in [2.45, 2.75) is 31.3 Å². The monoisotopic (exact) mass is 496 g/mol. The second kappa shape index (κ2) is 9.67. The number of imide groups is 1. The van der Waals surface area contributed by atoms with E-state index in [1.807, 2.05) is 55.5 Å². The molecule has 4 unspecified atom stereocenters. The number of aromatic hydroxyl groups is 1. The number of hydrogen-bond donors (Lipinski definition) is 3. The van der Waals surface area contributed by atoms with Crippen LogP contribution in [-0.4, -0.2) is 39.6 Å². The molecule has 0 spiro atoms. The Morgan fingerprint density at radius 3 is 2.22 bits per heavy atom. The highest BCUT2D eigenvalue weighted by atomic mass is 16.4. The maximum absolute atomic E-state index is 13.9. The van der Waals surface area contributed by atoms with Crippen LogP contribution in [0.3, 0.4) is 0 Å². The first-order valence-electron chi connectivity index (χ1n) is 12.3. The number of fused-ring (bicyclic) bond motifs is 1. The Kier molecular flexibility index (Phi) is 6.39. The number of carbonyl (C=O) groups is 3. The number of amides is 2. The van der Waals surface area contributed by atoms with Crippen molar-refractivity contribution >= 4 is 29.5 Å². The lowest BCUT2D eigenvalue weighted by molar-refractivity contribution is -0.148. The van der Waals surface area contributed by atoms with Crippen LogP contribution in [0, 0.1) is 11.8 Å². The number of phenolic OH excluding ortho intramolecular Hbond substituents is 1. The fourth-order valence-corrected chi connectivity index (χ4v) is 5.50. The van der Waals surface area contributed by atoms with Gasteiger partial charge in [0.25, 0.3) is 0 Å². The van der Waals surface area contributed by atoms with E-state index in [4.69, 9.17) is 0 Å². The average molecular weight is 497 g/mol. The Morgan fingerprint density at radius 1 is 0.946 bits per heavy atom. The van der Waals surface area contributed by atoms with Gasteiger partial charge in [-0.3, -0.25) is 19.7 Å². The molecule has 2 saturated heterocycles. The van der Waals surface area contributed by atoms with Gasteiger partial charge in [-0.15, -0.1) is 0 Å². The molecule has 0 aromatic heterocycles. The van der Waals surface area contributed by atoms with Crippen LogP contribution in [0.25, 0.3) is 6.08 Å². The first-order chi connectivity index (χ1) is 17.8. The van der Waals surface area contributed by atoms with Gasteiger partial charge in [-0.1, -0.05) is 73.7 Å². The van der Waals surface area contributed by atoms with Crippen molar-refractivity contribution in [3.05, 3.63) is 102 Å². The highest BCUT2D eigenvalue weighted by Gasteiger charge is 2.68. The van der Waals surface area contributed by atoms with Crippen molar-refractivity contribution in [2.24, 2.45) is 11.8 Å². The van der Waals surface area contributed by atoms with Gasteiger partial charge in [0.2, 0.25) is 11.8 Å². The van der Waals surface area contributed by atoms with Gasteiger partial charge in [-0.05, 0) is 47.4 Å². The zero-order valence-electron chi connectivity index (χ0n) is 20.4. The molecule has 0 radical (unpaired) electrons. The van der Waals surface area contributed by atoms with Gasteiger partial charge in [0, 0.05) is 12.5 Å². The van der Waals surface area contributed by atoms with Crippen LogP contribution < -0.4 is 10.2 Å². The number of carbonyl (C=O) groups excluding carboxylic acids is 2. The van der Waals surface area contributed by atoms with Gasteiger partial charge in [0.1, 0.15) is 11.3 Å². The molecule has 3 aromatic rings. The molecule has 3 N–H and O–H groups in total. The lowest BCUT2D eigenvalue weighted by atomic mass is 9.76. The molecular formula is C30H28N2O5. The van der Waals surface area contributed by atoms with Crippen molar-refractivity contribution in [1.82, 2.24) is 5.32 Å². The zero-order valence-corrected chi connectivity index (χ0v) is 20.4. The molecule has 4 atom stereocenters. The van der Waals surface area contributed by atoms with E-state index in [-0.39, 0.29) is 12.2 Å². The summed E-state index contributed by atoms with van der Waals surface area (Å²) in [6.07, 6.45) is 4.41. The minimum atomic E-state index is -1.71. The molecule has 0 bridgehead atoms. The number of anilines is 1. The van der Waals surface area contributed by atoms with E-state index in [2.05, 4.69) is 5.32 Å². The minimum absolute atomic E-state index is 0.0267. The number of aliphatic carboxylic acids is 1. The quantitative estimate of drug-likeness (QED) is 0.430. The normalized spacial score (nSPS) is 25.1. The number of nitrogens with zero attached hydrogens (tertiary/aromatic N) is 1. The van der Waals surface area contributed by atoms with Gasteiger partial charge in [-0.25, -0.2) is 4.90 Å². The number of carboxylic acids is 1. The number of phenols is 1. The van der Waals surface area contributed by atoms with Gasteiger partial charge in [0.05, 0.1) is 17.5 Å². The number of aryl methyl sites for hydroxylation is 1. The lowest BCUT2D eigenvalue weighted by Gasteiger charge is -2.31. The third-order valence-corrected chi connectivity index (χ3v) is 7.39. The second-order valence-corrected chi connectivity index (χ2v) is 9.59. The molecule has 7 heteroatoms. The number of nitrogens with one attached hydrogen (secondary N) is 1. The van der Waals surface area contributed by atoms with Gasteiger partial charge in [0.15, 0.2) is 0 Å². The van der Waals surface area contributed by atoms with E-state index in [1.165, 1.54) is 12.1 Å².